The molecule has 0 spiro atoms. The van der Waals surface area contributed by atoms with Gasteiger partial charge in [0, 0.05) is 41.3 Å². The standard InChI is InChI=1S/C35H39NO8/c1-6-43-28-13-22(11-12-27(28)44-19-20-7-9-21(10-8-20)33(41)42)30-31-23(14-34(2,3)16-25(31)37)36(18-29(39)40)24-15-35(4,5)17-26(38)32(24)30/h7-13,30H,6,14-19H2,1-5H3,(H,39,40)(H,41,42). The number of aromatic carboxylic acids is 1. The molecule has 0 atom stereocenters. The van der Waals surface area contributed by atoms with Crippen LogP contribution in [0.25, 0.3) is 0 Å². The Balaban J connectivity index is 1.60. The number of hydrogen-bond donors (Lipinski definition) is 2. The molecule has 9 heteroatoms. The molecule has 3 aliphatic rings. The normalized spacial score (nSPS) is 19.4. The fourth-order valence-electron chi connectivity index (χ4n) is 6.70. The van der Waals surface area contributed by atoms with Crippen molar-refractivity contribution < 1.29 is 38.9 Å². The molecule has 232 valence electrons. The number of benzene rings is 2. The lowest BCUT2D eigenvalue weighted by Gasteiger charge is -2.48. The third-order valence-corrected chi connectivity index (χ3v) is 8.51. The van der Waals surface area contributed by atoms with Gasteiger partial charge in [0.15, 0.2) is 23.1 Å². The van der Waals surface area contributed by atoms with Crippen LogP contribution in [-0.2, 0) is 21.0 Å². The van der Waals surface area contributed by atoms with Gasteiger partial charge in [-0.3, -0.25) is 14.4 Å². The van der Waals surface area contributed by atoms with Crippen LogP contribution in [0.15, 0.2) is 65.0 Å². The second-order valence-electron chi connectivity index (χ2n) is 13.4. The highest BCUT2D eigenvalue weighted by molar-refractivity contribution is 6.07. The molecule has 0 saturated heterocycles. The number of ether oxygens (including phenoxy) is 2. The maximum Gasteiger partial charge on any atom is 0.335 e. The van der Waals surface area contributed by atoms with Crippen LogP contribution in [-0.4, -0.2) is 51.8 Å². The number of Topliss-reactive ketones (excluding diaryl/α,β-unsaturated/α-hetero) is 2. The Morgan fingerprint density at radius 2 is 1.39 bits per heavy atom. The number of hydrogen-bond acceptors (Lipinski definition) is 7. The van der Waals surface area contributed by atoms with Crippen LogP contribution in [0.4, 0.5) is 0 Å². The van der Waals surface area contributed by atoms with E-state index in [-0.39, 0.29) is 41.1 Å². The summed E-state index contributed by atoms with van der Waals surface area (Å²) in [5, 5.41) is 19.1. The summed E-state index contributed by atoms with van der Waals surface area (Å²) in [5.41, 5.74) is 3.31. The minimum Gasteiger partial charge on any atom is -0.490 e. The average molecular weight is 602 g/mol. The number of allylic oxidation sites excluding steroid dienone is 4. The molecule has 0 fully saturated rings. The monoisotopic (exact) mass is 601 g/mol. The first kappa shape index (κ1) is 31.0. The molecule has 5 rings (SSSR count). The lowest BCUT2D eigenvalue weighted by Crippen LogP contribution is -2.45. The highest BCUT2D eigenvalue weighted by Gasteiger charge is 2.49. The minimum absolute atomic E-state index is 0.0797. The summed E-state index contributed by atoms with van der Waals surface area (Å²) in [6.07, 6.45) is 1.63. The zero-order valence-corrected chi connectivity index (χ0v) is 25.9. The molecule has 0 bridgehead atoms. The second-order valence-corrected chi connectivity index (χ2v) is 13.4. The third kappa shape index (κ3) is 6.14. The Morgan fingerprint density at radius 1 is 0.818 bits per heavy atom. The maximum absolute atomic E-state index is 13.9. The summed E-state index contributed by atoms with van der Waals surface area (Å²) < 4.78 is 12.1. The fourth-order valence-corrected chi connectivity index (χ4v) is 6.70. The lowest BCUT2D eigenvalue weighted by atomic mass is 9.63. The molecule has 0 saturated carbocycles. The number of carbonyl (C=O) groups excluding carboxylic acids is 2. The Kier molecular flexibility index (Phi) is 8.18. The Hall–Kier alpha value is -4.40. The van der Waals surface area contributed by atoms with Crippen LogP contribution >= 0.6 is 0 Å². The molecule has 0 amide bonds. The summed E-state index contributed by atoms with van der Waals surface area (Å²) in [6, 6.07) is 11.9. The van der Waals surface area contributed by atoms with Gasteiger partial charge in [-0.05, 0) is 66.0 Å². The molecule has 2 N–H and O–H groups in total. The zero-order chi connectivity index (χ0) is 32.0. The van der Waals surface area contributed by atoms with Gasteiger partial charge in [0.25, 0.3) is 0 Å². The quantitative estimate of drug-likeness (QED) is 0.348. The van der Waals surface area contributed by atoms with Crippen LogP contribution in [0.5, 0.6) is 11.5 Å². The fraction of sp³-hybridized carbons (Fsp3) is 0.429. The number of carboxylic acids is 2. The molecular weight excluding hydrogens is 562 g/mol. The van der Waals surface area contributed by atoms with E-state index < -0.39 is 17.9 Å². The number of rotatable bonds is 9. The summed E-state index contributed by atoms with van der Waals surface area (Å²) in [4.78, 5) is 52.9. The van der Waals surface area contributed by atoms with Crippen LogP contribution in [0.1, 0.15) is 87.7 Å². The second kappa shape index (κ2) is 11.6. The van der Waals surface area contributed by atoms with Crippen molar-refractivity contribution in [1.82, 2.24) is 4.90 Å². The molecule has 44 heavy (non-hydrogen) atoms. The van der Waals surface area contributed by atoms with Crippen molar-refractivity contribution in [3.8, 4) is 11.5 Å². The zero-order valence-electron chi connectivity index (χ0n) is 25.9. The average Bonchev–Trinajstić information content (AvgIpc) is 2.92. The van der Waals surface area contributed by atoms with Crippen LogP contribution < -0.4 is 9.47 Å². The van der Waals surface area contributed by atoms with Gasteiger partial charge in [-0.25, -0.2) is 4.79 Å². The van der Waals surface area contributed by atoms with E-state index in [2.05, 4.69) is 0 Å². The highest BCUT2D eigenvalue weighted by atomic mass is 16.5. The van der Waals surface area contributed by atoms with Gasteiger partial charge in [0.05, 0.1) is 12.2 Å². The molecular formula is C35H39NO8. The van der Waals surface area contributed by atoms with E-state index in [0.717, 1.165) is 5.56 Å². The van der Waals surface area contributed by atoms with Gasteiger partial charge < -0.3 is 24.6 Å². The molecule has 0 aromatic heterocycles. The molecule has 0 unspecified atom stereocenters. The minimum atomic E-state index is -1.02. The van der Waals surface area contributed by atoms with Crippen molar-refractivity contribution in [2.24, 2.45) is 10.8 Å². The number of aliphatic carboxylic acids is 1. The first-order valence-electron chi connectivity index (χ1n) is 14.9. The summed E-state index contributed by atoms with van der Waals surface area (Å²) in [5.74, 6) is -1.90. The van der Waals surface area contributed by atoms with Crippen LogP contribution in [0.2, 0.25) is 0 Å². The predicted octanol–water partition coefficient (Wildman–Crippen LogP) is 6.13. The highest BCUT2D eigenvalue weighted by Crippen LogP contribution is 2.54. The topological polar surface area (TPSA) is 130 Å². The van der Waals surface area contributed by atoms with E-state index in [4.69, 9.17) is 14.6 Å². The van der Waals surface area contributed by atoms with Gasteiger partial charge in [-0.1, -0.05) is 45.9 Å². The van der Waals surface area contributed by atoms with E-state index in [1.807, 2.05) is 46.8 Å². The molecule has 2 aliphatic carbocycles. The largest absolute Gasteiger partial charge is 0.490 e. The van der Waals surface area contributed by atoms with Crippen LogP contribution in [0.3, 0.4) is 0 Å². The Labute approximate surface area is 257 Å². The van der Waals surface area contributed by atoms with Crippen molar-refractivity contribution in [3.63, 3.8) is 0 Å². The summed E-state index contributed by atoms with van der Waals surface area (Å²) in [6.45, 7) is 10.1. The molecule has 9 nitrogen and oxygen atoms in total. The van der Waals surface area contributed by atoms with Crippen LogP contribution in [0, 0.1) is 10.8 Å². The third-order valence-electron chi connectivity index (χ3n) is 8.51. The van der Waals surface area contributed by atoms with Gasteiger partial charge in [-0.15, -0.1) is 0 Å². The molecule has 2 aromatic rings. The molecule has 2 aromatic carbocycles. The molecule has 0 radical (unpaired) electrons. The Bertz CT molecular complexity index is 1540. The van der Waals surface area contributed by atoms with Gasteiger partial charge >= 0.3 is 11.9 Å². The Morgan fingerprint density at radius 3 is 1.89 bits per heavy atom. The van der Waals surface area contributed by atoms with E-state index in [0.29, 0.717) is 71.9 Å². The van der Waals surface area contributed by atoms with E-state index in [1.54, 1.807) is 23.1 Å². The van der Waals surface area contributed by atoms with E-state index in [9.17, 15) is 24.3 Å². The smallest absolute Gasteiger partial charge is 0.335 e. The molecule has 1 aliphatic heterocycles. The SMILES string of the molecule is CCOc1cc(C2C3=C(CC(C)(C)CC3=O)N(CC(=O)O)C3=C2C(=O)CC(C)(C)C3)ccc1OCc1ccc(C(=O)O)cc1. The summed E-state index contributed by atoms with van der Waals surface area (Å²) in [7, 11) is 0. The predicted molar refractivity (Wildman–Crippen MR) is 163 cm³/mol. The van der Waals surface area contributed by atoms with Crippen molar-refractivity contribution in [2.75, 3.05) is 13.2 Å². The number of carboxylic acid groups (broad SMARTS) is 2. The number of nitrogens with zero attached hydrogens (tertiary/aromatic N) is 1. The maximum atomic E-state index is 13.9. The summed E-state index contributed by atoms with van der Waals surface area (Å²) >= 11 is 0. The first-order chi connectivity index (χ1) is 20.7. The number of ketones is 2. The van der Waals surface area contributed by atoms with Crippen molar-refractivity contribution in [2.45, 2.75) is 72.8 Å². The van der Waals surface area contributed by atoms with Gasteiger partial charge in [-0.2, -0.15) is 0 Å². The first-order valence-corrected chi connectivity index (χ1v) is 14.9. The van der Waals surface area contributed by atoms with E-state index >= 15 is 0 Å². The van der Waals surface area contributed by atoms with E-state index in [1.165, 1.54) is 12.1 Å². The molecule has 1 heterocycles. The number of carbonyl (C=O) groups is 4. The lowest BCUT2D eigenvalue weighted by molar-refractivity contribution is -0.138. The van der Waals surface area contributed by atoms with Crippen molar-refractivity contribution in [1.29, 1.82) is 0 Å². The van der Waals surface area contributed by atoms with Crippen molar-refractivity contribution >= 4 is 23.5 Å². The van der Waals surface area contributed by atoms with Gasteiger partial charge in [0.2, 0.25) is 0 Å². The van der Waals surface area contributed by atoms with Crippen molar-refractivity contribution in [3.05, 3.63) is 81.7 Å². The van der Waals surface area contributed by atoms with Gasteiger partial charge in [0.1, 0.15) is 13.2 Å².